The van der Waals surface area contributed by atoms with Gasteiger partial charge in [0.15, 0.2) is 0 Å². The van der Waals surface area contributed by atoms with Crippen molar-refractivity contribution in [3.8, 4) is 0 Å². The van der Waals surface area contributed by atoms with Gasteiger partial charge in [-0.15, -0.1) is 0 Å². The van der Waals surface area contributed by atoms with E-state index in [1.165, 1.54) is 0 Å². The van der Waals surface area contributed by atoms with Gasteiger partial charge in [-0.3, -0.25) is 0 Å². The molecule has 0 amide bonds. The normalized spacial score (nSPS) is 15.0. The summed E-state index contributed by atoms with van der Waals surface area (Å²) < 4.78 is 3.60. The first-order valence-electron chi connectivity index (χ1n) is 10.6. The Hall–Kier alpha value is -1.06. The fourth-order valence-electron chi connectivity index (χ4n) is 3.87. The number of rotatable bonds is 10. The zero-order chi connectivity index (χ0) is 26.2. The maximum Gasteiger partial charge on any atom is 0.334 e. The molecule has 0 bridgehead atoms. The quantitative estimate of drug-likeness (QED) is 0.220. The molecule has 2 rings (SSSR count). The minimum absolute atomic E-state index is 0.517. The van der Waals surface area contributed by atoms with Crippen LogP contribution in [0, 0.1) is 17.8 Å². The third-order valence-corrected chi connectivity index (χ3v) is 7.44. The summed E-state index contributed by atoms with van der Waals surface area (Å²) in [5.74, 6) is 0. The van der Waals surface area contributed by atoms with Crippen molar-refractivity contribution in [2.24, 2.45) is 10.8 Å². The molecule has 192 valence electrons. The van der Waals surface area contributed by atoms with Crippen molar-refractivity contribution in [3.63, 3.8) is 0 Å². The van der Waals surface area contributed by atoms with E-state index in [-0.39, 0.29) is 0 Å². The first-order valence-corrected chi connectivity index (χ1v) is 12.9. The fraction of sp³-hybridized carbons (Fsp3) is 0.478. The molecule has 8 N–H and O–H groups in total. The van der Waals surface area contributed by atoms with Crippen LogP contribution in [0.4, 0.5) is 0 Å². The molecule has 0 radical (unpaired) electrons. The number of aryl methyl sites for hydroxylation is 1. The predicted octanol–water partition coefficient (Wildman–Crippen LogP) is 2.43. The maximum absolute atomic E-state index is 12.1. The third-order valence-electron chi connectivity index (χ3n) is 6.27. The third kappa shape index (κ3) is 7.00. The van der Waals surface area contributed by atoms with E-state index in [4.69, 9.17) is 19.6 Å². The van der Waals surface area contributed by atoms with Gasteiger partial charge in [0.1, 0.15) is 5.60 Å². The Morgan fingerprint density at radius 1 is 0.824 bits per heavy atom. The fourth-order valence-corrected chi connectivity index (χ4v) is 4.39. The van der Waals surface area contributed by atoms with Crippen LogP contribution in [-0.2, 0) is 9.91 Å². The van der Waals surface area contributed by atoms with Crippen LogP contribution in [-0.4, -0.2) is 59.3 Å². The van der Waals surface area contributed by atoms with Crippen molar-refractivity contribution in [1.29, 1.82) is 0 Å². The number of aliphatic hydroxyl groups is 4. The van der Waals surface area contributed by atoms with Gasteiger partial charge in [-0.05, 0) is 29.9 Å². The highest BCUT2D eigenvalue weighted by molar-refractivity contribution is 7.53. The first kappa shape index (κ1) is 31.0. The van der Waals surface area contributed by atoms with E-state index in [1.54, 1.807) is 36.4 Å². The molecule has 9 nitrogen and oxygen atoms in total. The minimum Gasteiger partial charge on any atom is -0.395 e. The Morgan fingerprint density at radius 2 is 1.26 bits per heavy atom. The molecule has 0 fully saturated rings. The van der Waals surface area contributed by atoms with Gasteiger partial charge in [0.25, 0.3) is 0 Å². The van der Waals surface area contributed by atoms with E-state index in [2.05, 4.69) is 4.31 Å². The van der Waals surface area contributed by atoms with E-state index in [1.807, 2.05) is 45.9 Å². The van der Waals surface area contributed by atoms with Crippen LogP contribution in [0.2, 0.25) is 0 Å². The average molecular weight is 518 g/mol. The first-order chi connectivity index (χ1) is 15.8. The van der Waals surface area contributed by atoms with Gasteiger partial charge in [0.2, 0.25) is 0 Å². The molecule has 2 unspecified atom stereocenters. The van der Waals surface area contributed by atoms with E-state index >= 15 is 0 Å². The smallest absolute Gasteiger partial charge is 0.334 e. The summed E-state index contributed by atoms with van der Waals surface area (Å²) in [6, 6.07) is 16.3. The lowest BCUT2D eigenvalue weighted by atomic mass is 9.57. The lowest BCUT2D eigenvalue weighted by Gasteiger charge is -2.52. The van der Waals surface area contributed by atoms with Crippen molar-refractivity contribution in [2.75, 3.05) is 13.2 Å². The van der Waals surface area contributed by atoms with Crippen LogP contribution < -0.4 is 0 Å². The second kappa shape index (κ2) is 13.3. The van der Waals surface area contributed by atoms with Gasteiger partial charge in [-0.25, -0.2) is 4.31 Å². The standard InChI is InChI=1S/C23H32O4.H4O5P2/c1-5-21(3,4)20(26)22(15-24,16-25)23(27,18-9-7-6-8-10-18)19-13-11-17(2)12-14-19;1-6(2)5-7(3)4/h6-14,20,24-27H,5,15-16H2,1-4H3;1-4H. The summed E-state index contributed by atoms with van der Waals surface area (Å²) in [5, 5.41) is 44.3. The summed E-state index contributed by atoms with van der Waals surface area (Å²) in [7, 11) is -5.22. The SMILES string of the molecule is CCC(C)(C)C(O)C(CO)(CO)C(O)(c1ccccc1)c1ccc(C)cc1.OP(O)OP(O)O. The summed E-state index contributed by atoms with van der Waals surface area (Å²) in [6.07, 6.45) is -0.536. The molecule has 0 aliphatic heterocycles. The monoisotopic (exact) mass is 518 g/mol. The van der Waals surface area contributed by atoms with Crippen molar-refractivity contribution in [1.82, 2.24) is 0 Å². The molecule has 0 aliphatic rings. The summed E-state index contributed by atoms with van der Waals surface area (Å²) in [5.41, 5.74) is -1.93. The lowest BCUT2D eigenvalue weighted by Crippen LogP contribution is -2.62. The number of benzene rings is 2. The van der Waals surface area contributed by atoms with Crippen LogP contribution in [0.1, 0.15) is 43.9 Å². The predicted molar refractivity (Wildman–Crippen MR) is 131 cm³/mol. The number of hydrogen-bond acceptors (Lipinski definition) is 9. The van der Waals surface area contributed by atoms with Crippen molar-refractivity contribution >= 4 is 17.2 Å². The Kier molecular flexibility index (Phi) is 12.1. The summed E-state index contributed by atoms with van der Waals surface area (Å²) in [4.78, 5) is 31.3. The molecular formula is C23H36O9P2. The van der Waals surface area contributed by atoms with Gasteiger partial charge in [-0.1, -0.05) is 80.9 Å². The molecule has 0 spiro atoms. The van der Waals surface area contributed by atoms with Crippen LogP contribution in [0.25, 0.3) is 0 Å². The summed E-state index contributed by atoms with van der Waals surface area (Å²) >= 11 is 0. The molecule has 11 heteroatoms. The maximum atomic E-state index is 12.1. The van der Waals surface area contributed by atoms with Gasteiger partial charge in [-0.2, -0.15) is 0 Å². The zero-order valence-electron chi connectivity index (χ0n) is 19.8. The molecule has 34 heavy (non-hydrogen) atoms. The lowest BCUT2D eigenvalue weighted by molar-refractivity contribution is -0.199. The zero-order valence-corrected chi connectivity index (χ0v) is 21.6. The molecule has 0 heterocycles. The van der Waals surface area contributed by atoms with Gasteiger partial charge >= 0.3 is 17.2 Å². The highest BCUT2D eigenvalue weighted by atomic mass is 31.2. The second-order valence-corrected chi connectivity index (χ2v) is 10.4. The molecule has 2 aromatic rings. The molecule has 0 aliphatic carbocycles. The second-order valence-electron chi connectivity index (χ2n) is 8.75. The van der Waals surface area contributed by atoms with E-state index in [0.717, 1.165) is 5.56 Å². The number of hydrogen-bond donors (Lipinski definition) is 8. The van der Waals surface area contributed by atoms with Crippen LogP contribution in [0.3, 0.4) is 0 Å². The molecule has 0 aromatic heterocycles. The molecule has 2 aromatic carbocycles. The Bertz CT molecular complexity index is 837. The Morgan fingerprint density at radius 3 is 1.62 bits per heavy atom. The van der Waals surface area contributed by atoms with E-state index in [0.29, 0.717) is 17.5 Å². The highest BCUT2D eigenvalue weighted by Gasteiger charge is 2.59. The van der Waals surface area contributed by atoms with Crippen LogP contribution in [0.15, 0.2) is 54.6 Å². The van der Waals surface area contributed by atoms with Crippen molar-refractivity contribution in [3.05, 3.63) is 71.3 Å². The van der Waals surface area contributed by atoms with Crippen molar-refractivity contribution < 1.29 is 44.3 Å². The summed E-state index contributed by atoms with van der Waals surface area (Å²) in [6.45, 7) is 6.49. The van der Waals surface area contributed by atoms with Gasteiger partial charge in [0, 0.05) is 0 Å². The average Bonchev–Trinajstić information content (AvgIpc) is 2.80. The minimum atomic E-state index is -2.61. The van der Waals surface area contributed by atoms with Crippen LogP contribution >= 0.6 is 17.2 Å². The van der Waals surface area contributed by atoms with E-state index < -0.39 is 53.0 Å². The Balaban J connectivity index is 0.000000718. The largest absolute Gasteiger partial charge is 0.395 e. The molecular weight excluding hydrogens is 482 g/mol. The van der Waals surface area contributed by atoms with Gasteiger partial charge < -0.3 is 40.0 Å². The van der Waals surface area contributed by atoms with E-state index in [9.17, 15) is 20.4 Å². The highest BCUT2D eigenvalue weighted by Crippen LogP contribution is 2.51. The molecule has 0 saturated heterocycles. The molecule has 2 atom stereocenters. The van der Waals surface area contributed by atoms with Crippen molar-refractivity contribution in [2.45, 2.75) is 45.8 Å². The topological polar surface area (TPSA) is 171 Å². The van der Waals surface area contributed by atoms with Crippen LogP contribution in [0.5, 0.6) is 0 Å². The Labute approximate surface area is 202 Å². The molecule has 0 saturated carbocycles. The number of aliphatic hydroxyl groups excluding tert-OH is 3. The van der Waals surface area contributed by atoms with Gasteiger partial charge in [0.05, 0.1) is 24.7 Å².